The Kier molecular flexibility index (Phi) is 3.97. The van der Waals surface area contributed by atoms with Gasteiger partial charge in [0.05, 0.1) is 10.7 Å². The molecule has 3 nitrogen and oxygen atoms in total. The summed E-state index contributed by atoms with van der Waals surface area (Å²) >= 11 is 1.90. The van der Waals surface area contributed by atoms with Crippen LogP contribution in [-0.4, -0.2) is 43.1 Å². The number of likely N-dealkylation sites (tertiary alicyclic amines) is 1. The molecule has 1 aromatic rings. The first-order chi connectivity index (χ1) is 8.83. The number of nitrogens with zero attached hydrogens (tertiary/aromatic N) is 2. The molecule has 0 aromatic carbocycles. The summed E-state index contributed by atoms with van der Waals surface area (Å²) in [5.74, 6) is 1.43. The molecule has 1 N–H and O–H groups in total. The molecule has 2 saturated heterocycles. The average Bonchev–Trinajstić information content (AvgIpc) is 2.90. The average molecular weight is 265 g/mol. The van der Waals surface area contributed by atoms with Crippen LogP contribution in [0, 0.1) is 0 Å². The van der Waals surface area contributed by atoms with Crippen molar-refractivity contribution in [2.24, 2.45) is 0 Å². The van der Waals surface area contributed by atoms with E-state index < -0.39 is 0 Å². The highest BCUT2D eigenvalue weighted by Crippen LogP contribution is 2.33. The summed E-state index contributed by atoms with van der Waals surface area (Å²) in [6, 6.07) is 0. The third-order valence-corrected chi connectivity index (χ3v) is 5.39. The summed E-state index contributed by atoms with van der Waals surface area (Å²) in [6.07, 6.45) is 5.10. The summed E-state index contributed by atoms with van der Waals surface area (Å²) in [6.45, 7) is 4.78. The molecule has 100 valence electrons. The molecule has 0 spiro atoms. The maximum atomic E-state index is 4.95. The molecule has 3 rings (SSSR count). The van der Waals surface area contributed by atoms with Gasteiger partial charge in [-0.3, -0.25) is 0 Å². The van der Waals surface area contributed by atoms with Crippen LogP contribution in [0.25, 0.3) is 0 Å². The van der Waals surface area contributed by atoms with Gasteiger partial charge in [-0.25, -0.2) is 4.98 Å². The third kappa shape index (κ3) is 2.76. The molecular weight excluding hydrogens is 242 g/mol. The van der Waals surface area contributed by atoms with Gasteiger partial charge in [0.15, 0.2) is 0 Å². The predicted octanol–water partition coefficient (Wildman–Crippen LogP) is 2.42. The standard InChI is InChI=1S/C14H23N3S/c1-17-8-4-12(5-9-17)14-16-13(10-18-14)11-2-6-15-7-3-11/h10-12,15H,2-9H2,1H3. The first-order valence-electron chi connectivity index (χ1n) is 7.17. The van der Waals surface area contributed by atoms with E-state index in [1.807, 2.05) is 11.3 Å². The van der Waals surface area contributed by atoms with Gasteiger partial charge in [0, 0.05) is 17.2 Å². The lowest BCUT2D eigenvalue weighted by Crippen LogP contribution is -2.29. The van der Waals surface area contributed by atoms with Gasteiger partial charge >= 0.3 is 0 Å². The van der Waals surface area contributed by atoms with Crippen LogP contribution < -0.4 is 5.32 Å². The second-order valence-electron chi connectivity index (χ2n) is 5.71. The number of thiazole rings is 1. The van der Waals surface area contributed by atoms with E-state index in [2.05, 4.69) is 22.6 Å². The van der Waals surface area contributed by atoms with Gasteiger partial charge in [0.2, 0.25) is 0 Å². The van der Waals surface area contributed by atoms with Crippen LogP contribution in [-0.2, 0) is 0 Å². The van der Waals surface area contributed by atoms with Gasteiger partial charge in [-0.2, -0.15) is 0 Å². The first kappa shape index (κ1) is 12.6. The smallest absolute Gasteiger partial charge is 0.0960 e. The number of hydrogen-bond donors (Lipinski definition) is 1. The van der Waals surface area contributed by atoms with Crippen LogP contribution in [0.5, 0.6) is 0 Å². The van der Waals surface area contributed by atoms with Gasteiger partial charge in [-0.05, 0) is 58.9 Å². The molecule has 0 unspecified atom stereocenters. The van der Waals surface area contributed by atoms with E-state index in [1.54, 1.807) is 0 Å². The van der Waals surface area contributed by atoms with E-state index in [-0.39, 0.29) is 0 Å². The van der Waals surface area contributed by atoms with E-state index in [0.29, 0.717) is 5.92 Å². The molecule has 0 radical (unpaired) electrons. The fraction of sp³-hybridized carbons (Fsp3) is 0.786. The molecule has 0 aliphatic carbocycles. The highest BCUT2D eigenvalue weighted by atomic mass is 32.1. The van der Waals surface area contributed by atoms with Crippen molar-refractivity contribution >= 4 is 11.3 Å². The van der Waals surface area contributed by atoms with Gasteiger partial charge in [-0.1, -0.05) is 0 Å². The van der Waals surface area contributed by atoms with Crippen molar-refractivity contribution in [1.29, 1.82) is 0 Å². The highest BCUT2D eigenvalue weighted by Gasteiger charge is 2.23. The minimum absolute atomic E-state index is 0.711. The Hall–Kier alpha value is -0.450. The SMILES string of the molecule is CN1CCC(c2nc(C3CCNCC3)cs2)CC1. The van der Waals surface area contributed by atoms with Crippen LogP contribution in [0.3, 0.4) is 0 Å². The molecule has 2 aliphatic rings. The van der Waals surface area contributed by atoms with Crippen LogP contribution in [0.1, 0.15) is 48.2 Å². The van der Waals surface area contributed by atoms with Crippen LogP contribution in [0.15, 0.2) is 5.38 Å². The summed E-state index contributed by atoms with van der Waals surface area (Å²) in [5, 5.41) is 7.15. The number of rotatable bonds is 2. The second-order valence-corrected chi connectivity index (χ2v) is 6.60. The first-order valence-corrected chi connectivity index (χ1v) is 8.05. The minimum atomic E-state index is 0.711. The fourth-order valence-electron chi connectivity index (χ4n) is 3.05. The van der Waals surface area contributed by atoms with Gasteiger partial charge in [0.1, 0.15) is 0 Å². The summed E-state index contributed by atoms with van der Waals surface area (Å²) in [4.78, 5) is 7.38. The topological polar surface area (TPSA) is 28.2 Å². The molecule has 18 heavy (non-hydrogen) atoms. The van der Waals surface area contributed by atoms with Crippen molar-refractivity contribution in [2.45, 2.75) is 37.5 Å². The van der Waals surface area contributed by atoms with E-state index in [4.69, 9.17) is 4.98 Å². The molecule has 0 atom stereocenters. The number of hydrogen-bond acceptors (Lipinski definition) is 4. The molecule has 1 aromatic heterocycles. The molecule has 0 bridgehead atoms. The maximum absolute atomic E-state index is 4.95. The summed E-state index contributed by atoms with van der Waals surface area (Å²) in [5.41, 5.74) is 1.37. The minimum Gasteiger partial charge on any atom is -0.317 e. The fourth-order valence-corrected chi connectivity index (χ4v) is 4.12. The van der Waals surface area contributed by atoms with Gasteiger partial charge in [-0.15, -0.1) is 11.3 Å². The Morgan fingerprint density at radius 2 is 1.89 bits per heavy atom. The Morgan fingerprint density at radius 3 is 2.61 bits per heavy atom. The Labute approximate surface area is 114 Å². The highest BCUT2D eigenvalue weighted by molar-refractivity contribution is 7.09. The zero-order valence-corrected chi connectivity index (χ0v) is 12.0. The summed E-state index contributed by atoms with van der Waals surface area (Å²) in [7, 11) is 2.22. The van der Waals surface area contributed by atoms with Crippen molar-refractivity contribution in [3.05, 3.63) is 16.1 Å². The molecule has 0 amide bonds. The Bertz CT molecular complexity index is 376. The van der Waals surface area contributed by atoms with E-state index in [9.17, 15) is 0 Å². The molecule has 3 heterocycles. The van der Waals surface area contributed by atoms with Crippen molar-refractivity contribution in [3.63, 3.8) is 0 Å². The zero-order chi connectivity index (χ0) is 12.4. The lowest BCUT2D eigenvalue weighted by molar-refractivity contribution is 0.255. The molecule has 0 saturated carbocycles. The van der Waals surface area contributed by atoms with E-state index in [0.717, 1.165) is 19.0 Å². The van der Waals surface area contributed by atoms with Gasteiger partial charge in [0.25, 0.3) is 0 Å². The number of nitrogens with one attached hydrogen (secondary N) is 1. The predicted molar refractivity (Wildman–Crippen MR) is 76.4 cm³/mol. The third-order valence-electron chi connectivity index (χ3n) is 4.36. The van der Waals surface area contributed by atoms with Crippen molar-refractivity contribution in [2.75, 3.05) is 33.2 Å². The number of aromatic nitrogens is 1. The maximum Gasteiger partial charge on any atom is 0.0960 e. The zero-order valence-electron chi connectivity index (χ0n) is 11.2. The van der Waals surface area contributed by atoms with Crippen LogP contribution in [0.2, 0.25) is 0 Å². The molecule has 2 fully saturated rings. The molecule has 4 heteroatoms. The van der Waals surface area contributed by atoms with E-state index >= 15 is 0 Å². The van der Waals surface area contributed by atoms with Crippen molar-refractivity contribution in [1.82, 2.24) is 15.2 Å². The van der Waals surface area contributed by atoms with Crippen LogP contribution >= 0.6 is 11.3 Å². The Balaban J connectivity index is 1.65. The van der Waals surface area contributed by atoms with Crippen LogP contribution in [0.4, 0.5) is 0 Å². The molecule has 2 aliphatic heterocycles. The largest absolute Gasteiger partial charge is 0.317 e. The van der Waals surface area contributed by atoms with Gasteiger partial charge < -0.3 is 10.2 Å². The lowest BCUT2D eigenvalue weighted by Gasteiger charge is -2.27. The Morgan fingerprint density at radius 1 is 1.17 bits per heavy atom. The normalized spacial score (nSPS) is 24.5. The van der Waals surface area contributed by atoms with Crippen molar-refractivity contribution in [3.8, 4) is 0 Å². The monoisotopic (exact) mass is 265 g/mol. The van der Waals surface area contributed by atoms with Crippen molar-refractivity contribution < 1.29 is 0 Å². The van der Waals surface area contributed by atoms with E-state index in [1.165, 1.54) is 49.5 Å². The number of piperidine rings is 2. The lowest BCUT2D eigenvalue weighted by atomic mass is 9.95. The molecular formula is C14H23N3S. The quantitative estimate of drug-likeness (QED) is 0.890. The second kappa shape index (κ2) is 5.68. The summed E-state index contributed by atoms with van der Waals surface area (Å²) < 4.78 is 0.